The van der Waals surface area contributed by atoms with Crippen LogP contribution in [-0.2, 0) is 0 Å². The summed E-state index contributed by atoms with van der Waals surface area (Å²) in [6.07, 6.45) is 6.06. The van der Waals surface area contributed by atoms with Crippen molar-refractivity contribution in [1.29, 1.82) is 0 Å². The van der Waals surface area contributed by atoms with E-state index in [2.05, 4.69) is 30.6 Å². The molecule has 1 unspecified atom stereocenters. The maximum atomic E-state index is 14.6. The van der Waals surface area contributed by atoms with Crippen LogP contribution in [0.1, 0.15) is 32.1 Å². The second-order valence-electron chi connectivity index (χ2n) is 8.94. The van der Waals surface area contributed by atoms with E-state index < -0.39 is 17.8 Å². The Bertz CT molecular complexity index is 1240. The van der Waals surface area contributed by atoms with Crippen molar-refractivity contribution in [3.63, 3.8) is 0 Å². The summed E-state index contributed by atoms with van der Waals surface area (Å²) >= 11 is 0. The molecule has 5 rings (SSSR count). The largest absolute Gasteiger partial charge is 0.493 e. The van der Waals surface area contributed by atoms with Gasteiger partial charge in [0, 0.05) is 24.8 Å². The van der Waals surface area contributed by atoms with E-state index in [0.29, 0.717) is 36.0 Å². The molecule has 35 heavy (non-hydrogen) atoms. The Labute approximate surface area is 199 Å². The summed E-state index contributed by atoms with van der Waals surface area (Å²) in [5.74, 6) is -1.06. The highest BCUT2D eigenvalue weighted by Gasteiger charge is 2.30. The molecule has 0 bridgehead atoms. The number of carbonyl (C=O) groups is 1. The summed E-state index contributed by atoms with van der Waals surface area (Å²) < 4.78 is 47.5. The third-order valence-electron chi connectivity index (χ3n) is 6.56. The lowest BCUT2D eigenvalue weighted by atomic mass is 9.91. The number of carbonyl (C=O) groups excluding carboxylic acids is 1. The fraction of sp³-hybridized carbons (Fsp3) is 0.478. The van der Waals surface area contributed by atoms with Gasteiger partial charge in [0.05, 0.1) is 37.0 Å². The molecular weight excluding hydrogens is 463 g/mol. The maximum absolute atomic E-state index is 14.6. The third kappa shape index (κ3) is 4.69. The first-order valence-electron chi connectivity index (χ1n) is 11.6. The molecule has 3 aromatic heterocycles. The monoisotopic (exact) mass is 489 g/mol. The molecule has 0 radical (unpaired) electrons. The number of H-pyrrole nitrogens is 1. The minimum absolute atomic E-state index is 0.00312. The van der Waals surface area contributed by atoms with Gasteiger partial charge in [0.1, 0.15) is 11.8 Å². The van der Waals surface area contributed by atoms with Crippen molar-refractivity contribution in [2.24, 2.45) is 0 Å². The highest BCUT2D eigenvalue weighted by Crippen LogP contribution is 2.35. The lowest BCUT2D eigenvalue weighted by Crippen LogP contribution is -2.47. The summed E-state index contributed by atoms with van der Waals surface area (Å²) in [5, 5.41) is 6.48. The summed E-state index contributed by atoms with van der Waals surface area (Å²) in [7, 11) is 1.35. The highest BCUT2D eigenvalue weighted by atomic mass is 19.1. The molecular formula is C23H26F3N7O2. The fourth-order valence-corrected chi connectivity index (χ4v) is 4.83. The van der Waals surface area contributed by atoms with Crippen LogP contribution in [0.3, 0.4) is 0 Å². The van der Waals surface area contributed by atoms with Crippen molar-refractivity contribution in [1.82, 2.24) is 30.2 Å². The van der Waals surface area contributed by atoms with Crippen LogP contribution in [0.5, 0.6) is 5.75 Å². The molecule has 1 aliphatic carbocycles. The van der Waals surface area contributed by atoms with Crippen LogP contribution in [0.15, 0.2) is 18.6 Å². The predicted octanol–water partition coefficient (Wildman–Crippen LogP) is 3.78. The Morgan fingerprint density at radius 1 is 1.17 bits per heavy atom. The number of anilines is 1. The van der Waals surface area contributed by atoms with Crippen LogP contribution < -0.4 is 15.4 Å². The highest BCUT2D eigenvalue weighted by molar-refractivity contribution is 5.96. The normalized spacial score (nSPS) is 22.4. The average molecular weight is 490 g/mol. The molecule has 2 aliphatic rings. The van der Waals surface area contributed by atoms with Gasteiger partial charge in [0.15, 0.2) is 29.0 Å². The number of nitrogens with one attached hydrogen (secondary N) is 3. The SMILES string of the molecule is COc1c(F)cnc2[nH]cc(-c3ncc(F)c(N[C@H]4CCC[C@@H](NC(=O)N5CCC(F)C5)C4)n3)c12. The average Bonchev–Trinajstić information content (AvgIpc) is 3.47. The second-order valence-corrected chi connectivity index (χ2v) is 8.94. The van der Waals surface area contributed by atoms with Crippen LogP contribution >= 0.6 is 0 Å². The zero-order chi connectivity index (χ0) is 24.5. The van der Waals surface area contributed by atoms with Crippen molar-refractivity contribution in [2.75, 3.05) is 25.5 Å². The van der Waals surface area contributed by atoms with Crippen molar-refractivity contribution in [3.05, 3.63) is 30.2 Å². The second kappa shape index (κ2) is 9.59. The van der Waals surface area contributed by atoms with Gasteiger partial charge >= 0.3 is 6.03 Å². The number of hydrogen-bond acceptors (Lipinski definition) is 6. The zero-order valence-corrected chi connectivity index (χ0v) is 19.2. The van der Waals surface area contributed by atoms with Crippen molar-refractivity contribution in [2.45, 2.75) is 50.4 Å². The van der Waals surface area contributed by atoms with E-state index in [9.17, 15) is 18.0 Å². The summed E-state index contributed by atoms with van der Waals surface area (Å²) in [6.45, 7) is 0.529. The Hall–Kier alpha value is -3.57. The van der Waals surface area contributed by atoms with E-state index in [0.717, 1.165) is 31.7 Å². The molecule has 3 aromatic rings. The van der Waals surface area contributed by atoms with Gasteiger partial charge in [-0.05, 0) is 32.1 Å². The summed E-state index contributed by atoms with van der Waals surface area (Å²) in [6, 6.07) is -0.500. The van der Waals surface area contributed by atoms with Gasteiger partial charge in [-0.2, -0.15) is 0 Å². The van der Waals surface area contributed by atoms with Crippen molar-refractivity contribution in [3.8, 4) is 17.1 Å². The van der Waals surface area contributed by atoms with E-state index in [1.807, 2.05) is 0 Å². The quantitative estimate of drug-likeness (QED) is 0.504. The number of amides is 2. The van der Waals surface area contributed by atoms with Crippen molar-refractivity contribution >= 4 is 22.9 Å². The Kier molecular flexibility index (Phi) is 6.35. The zero-order valence-electron chi connectivity index (χ0n) is 19.2. The third-order valence-corrected chi connectivity index (χ3v) is 6.56. The van der Waals surface area contributed by atoms with Crippen LogP contribution in [0.4, 0.5) is 23.8 Å². The van der Waals surface area contributed by atoms with Crippen LogP contribution in [-0.4, -0.2) is 69.3 Å². The first kappa shape index (κ1) is 23.2. The number of aromatic amines is 1. The van der Waals surface area contributed by atoms with Crippen LogP contribution in [0.2, 0.25) is 0 Å². The molecule has 2 amide bonds. The number of halogens is 3. The van der Waals surface area contributed by atoms with E-state index in [-0.39, 0.29) is 42.1 Å². The maximum Gasteiger partial charge on any atom is 0.317 e. The topological polar surface area (TPSA) is 108 Å². The number of pyridine rings is 1. The molecule has 3 atom stereocenters. The van der Waals surface area contributed by atoms with E-state index in [1.54, 1.807) is 6.20 Å². The molecule has 0 spiro atoms. The summed E-state index contributed by atoms with van der Waals surface area (Å²) in [5.41, 5.74) is 0.820. The van der Waals surface area contributed by atoms with E-state index in [4.69, 9.17) is 4.74 Å². The Morgan fingerprint density at radius 3 is 2.74 bits per heavy atom. The first-order chi connectivity index (χ1) is 16.9. The molecule has 0 aromatic carbocycles. The van der Waals surface area contributed by atoms with Crippen LogP contribution in [0.25, 0.3) is 22.4 Å². The van der Waals surface area contributed by atoms with E-state index >= 15 is 0 Å². The number of urea groups is 1. The van der Waals surface area contributed by atoms with Gasteiger partial charge < -0.3 is 25.3 Å². The smallest absolute Gasteiger partial charge is 0.317 e. The minimum atomic E-state index is -0.971. The van der Waals surface area contributed by atoms with Gasteiger partial charge in [-0.15, -0.1) is 0 Å². The fourth-order valence-electron chi connectivity index (χ4n) is 4.83. The number of fused-ring (bicyclic) bond motifs is 1. The number of alkyl halides is 1. The molecule has 1 saturated carbocycles. The summed E-state index contributed by atoms with van der Waals surface area (Å²) in [4.78, 5) is 29.3. The van der Waals surface area contributed by atoms with Gasteiger partial charge in [-0.3, -0.25) is 0 Å². The molecule has 1 aliphatic heterocycles. The molecule has 2 fully saturated rings. The molecule has 4 heterocycles. The molecule has 9 nitrogen and oxygen atoms in total. The number of rotatable bonds is 5. The van der Waals surface area contributed by atoms with Gasteiger partial charge in [-0.25, -0.2) is 32.9 Å². The number of methoxy groups -OCH3 is 1. The Morgan fingerprint density at radius 2 is 1.97 bits per heavy atom. The molecule has 186 valence electrons. The number of hydrogen-bond donors (Lipinski definition) is 3. The standard InChI is InChI=1S/C23H26F3N7O2/c1-35-19-16(25)9-29-22-18(19)15(8-27-22)20-28-10-17(26)21(32-20)30-13-3-2-4-14(7-13)31-23(34)33-6-5-12(24)11-33/h8-10,12-14H,2-7,11H2,1H3,(H,27,29)(H,31,34)(H,28,30,32)/t12?,13-,14+/m0/s1. The van der Waals surface area contributed by atoms with Gasteiger partial charge in [0.25, 0.3) is 0 Å². The number of likely N-dealkylation sites (tertiary alicyclic amines) is 1. The number of nitrogens with zero attached hydrogens (tertiary/aromatic N) is 4. The first-order valence-corrected chi connectivity index (χ1v) is 11.6. The van der Waals surface area contributed by atoms with Gasteiger partial charge in [0.2, 0.25) is 0 Å². The van der Waals surface area contributed by atoms with Gasteiger partial charge in [-0.1, -0.05) is 0 Å². The Balaban J connectivity index is 1.32. The predicted molar refractivity (Wildman–Crippen MR) is 123 cm³/mol. The minimum Gasteiger partial charge on any atom is -0.493 e. The van der Waals surface area contributed by atoms with Crippen molar-refractivity contribution < 1.29 is 22.7 Å². The molecule has 3 N–H and O–H groups in total. The lowest BCUT2D eigenvalue weighted by molar-refractivity contribution is 0.195. The molecule has 1 saturated heterocycles. The number of ether oxygens (including phenoxy) is 1. The lowest BCUT2D eigenvalue weighted by Gasteiger charge is -2.32. The molecule has 12 heteroatoms. The van der Waals surface area contributed by atoms with Crippen LogP contribution in [0, 0.1) is 11.6 Å². The van der Waals surface area contributed by atoms with E-state index in [1.165, 1.54) is 12.0 Å². The number of aromatic nitrogens is 4.